The third-order valence-corrected chi connectivity index (χ3v) is 2.99. The molecule has 0 spiro atoms. The van der Waals surface area contributed by atoms with E-state index in [4.69, 9.17) is 0 Å². The van der Waals surface area contributed by atoms with Crippen LogP contribution in [0.4, 0.5) is 0 Å². The molecule has 0 unspecified atom stereocenters. The van der Waals surface area contributed by atoms with Gasteiger partial charge in [0.05, 0.1) is 18.0 Å². The van der Waals surface area contributed by atoms with E-state index in [1.807, 2.05) is 12.4 Å². The second kappa shape index (κ2) is 2.43. The van der Waals surface area contributed by atoms with Gasteiger partial charge in [0.25, 0.3) is 0 Å². The van der Waals surface area contributed by atoms with E-state index in [1.54, 1.807) is 17.7 Å². The first-order valence-corrected chi connectivity index (χ1v) is 4.67. The van der Waals surface area contributed by atoms with Gasteiger partial charge in [-0.05, 0) is 6.07 Å². The topological polar surface area (TPSA) is 57.4 Å². The van der Waals surface area contributed by atoms with Crippen molar-refractivity contribution in [1.82, 2.24) is 20.2 Å². The highest BCUT2D eigenvalue weighted by Gasteiger charge is 2.05. The van der Waals surface area contributed by atoms with Crippen molar-refractivity contribution >= 4 is 21.7 Å². The monoisotopic (exact) mass is 190 g/mol. The lowest BCUT2D eigenvalue weighted by atomic mass is 10.3. The van der Waals surface area contributed by atoms with E-state index in [0.29, 0.717) is 0 Å². The molecule has 0 aliphatic rings. The molecule has 3 rings (SSSR count). The number of nitrogens with one attached hydrogen (secondary N) is 2. The molecule has 0 fully saturated rings. The van der Waals surface area contributed by atoms with Gasteiger partial charge in [-0.15, -0.1) is 11.3 Å². The van der Waals surface area contributed by atoms with Gasteiger partial charge >= 0.3 is 0 Å². The van der Waals surface area contributed by atoms with Crippen molar-refractivity contribution in [2.75, 3.05) is 0 Å². The summed E-state index contributed by atoms with van der Waals surface area (Å²) in [5, 5.41) is 6.69. The van der Waals surface area contributed by atoms with Gasteiger partial charge in [-0.25, -0.2) is 4.98 Å². The van der Waals surface area contributed by atoms with Crippen molar-refractivity contribution in [3.63, 3.8) is 0 Å². The maximum atomic E-state index is 4.18. The molecule has 5 heteroatoms. The van der Waals surface area contributed by atoms with Crippen LogP contribution < -0.4 is 0 Å². The summed E-state index contributed by atoms with van der Waals surface area (Å²) in [6.45, 7) is 0. The Kier molecular flexibility index (Phi) is 1.28. The first kappa shape index (κ1) is 6.85. The van der Waals surface area contributed by atoms with Crippen molar-refractivity contribution in [3.8, 4) is 10.4 Å². The highest BCUT2D eigenvalue weighted by Crippen LogP contribution is 2.30. The minimum atomic E-state index is 1.04. The van der Waals surface area contributed by atoms with E-state index in [-0.39, 0.29) is 0 Å². The van der Waals surface area contributed by atoms with Crippen LogP contribution in [-0.4, -0.2) is 20.2 Å². The Labute approximate surface area is 77.6 Å². The highest BCUT2D eigenvalue weighted by molar-refractivity contribution is 7.21. The highest BCUT2D eigenvalue weighted by atomic mass is 32.1. The van der Waals surface area contributed by atoms with Crippen molar-refractivity contribution in [2.45, 2.75) is 0 Å². The number of fused-ring (bicyclic) bond motifs is 1. The van der Waals surface area contributed by atoms with Crippen LogP contribution in [0.2, 0.25) is 0 Å². The molecule has 13 heavy (non-hydrogen) atoms. The average Bonchev–Trinajstić information content (AvgIpc) is 2.78. The predicted octanol–water partition coefficient (Wildman–Crippen LogP) is 2.01. The predicted molar refractivity (Wildman–Crippen MR) is 51.6 cm³/mol. The first-order chi connectivity index (χ1) is 6.43. The van der Waals surface area contributed by atoms with Gasteiger partial charge in [-0.2, -0.15) is 5.10 Å². The zero-order valence-corrected chi connectivity index (χ0v) is 7.43. The molecular formula is C8H6N4S. The maximum Gasteiger partial charge on any atom is 0.141 e. The Bertz CT molecular complexity index is 491. The quantitative estimate of drug-likeness (QED) is 0.616. The molecule has 0 aliphatic heterocycles. The average molecular weight is 190 g/mol. The third kappa shape index (κ3) is 0.972. The zero-order chi connectivity index (χ0) is 8.67. The van der Waals surface area contributed by atoms with Gasteiger partial charge in [0.1, 0.15) is 4.83 Å². The molecule has 0 bridgehead atoms. The van der Waals surface area contributed by atoms with Gasteiger partial charge in [-0.1, -0.05) is 0 Å². The molecule has 0 aromatic carbocycles. The number of nitrogens with zero attached hydrogens (tertiary/aromatic N) is 2. The lowest BCUT2D eigenvalue weighted by Gasteiger charge is -1.84. The van der Waals surface area contributed by atoms with Crippen molar-refractivity contribution in [2.24, 2.45) is 0 Å². The molecule has 0 radical (unpaired) electrons. The minimum absolute atomic E-state index is 1.04. The minimum Gasteiger partial charge on any atom is -0.344 e. The summed E-state index contributed by atoms with van der Waals surface area (Å²) in [6.07, 6.45) is 5.40. The van der Waals surface area contributed by atoms with E-state index in [9.17, 15) is 0 Å². The van der Waals surface area contributed by atoms with E-state index in [0.717, 1.165) is 15.9 Å². The molecule has 3 heterocycles. The van der Waals surface area contributed by atoms with Crippen molar-refractivity contribution in [3.05, 3.63) is 24.8 Å². The van der Waals surface area contributed by atoms with Crippen LogP contribution in [0.15, 0.2) is 24.8 Å². The summed E-state index contributed by atoms with van der Waals surface area (Å²) in [5.74, 6) is 0. The summed E-state index contributed by atoms with van der Waals surface area (Å²) >= 11 is 1.66. The van der Waals surface area contributed by atoms with Gasteiger partial charge in [0, 0.05) is 16.6 Å². The molecule has 3 aromatic rings. The summed E-state index contributed by atoms with van der Waals surface area (Å²) in [7, 11) is 0. The number of thiophene rings is 1. The number of hydrogen-bond acceptors (Lipinski definition) is 3. The molecule has 0 saturated carbocycles. The number of aromatic amines is 2. The fourth-order valence-electron chi connectivity index (χ4n) is 1.27. The van der Waals surface area contributed by atoms with Crippen LogP contribution in [0.25, 0.3) is 20.8 Å². The van der Waals surface area contributed by atoms with Crippen LogP contribution in [0, 0.1) is 0 Å². The van der Waals surface area contributed by atoms with E-state index in [2.05, 4.69) is 26.2 Å². The normalized spacial score (nSPS) is 11.1. The second-order valence-electron chi connectivity index (χ2n) is 2.72. The molecule has 3 aromatic heterocycles. The van der Waals surface area contributed by atoms with Crippen LogP contribution in [0.1, 0.15) is 0 Å². The number of imidazole rings is 1. The van der Waals surface area contributed by atoms with Crippen LogP contribution in [0.3, 0.4) is 0 Å². The summed E-state index contributed by atoms with van der Waals surface area (Å²) in [5.41, 5.74) is 2.19. The van der Waals surface area contributed by atoms with Crippen molar-refractivity contribution in [1.29, 1.82) is 0 Å². The fraction of sp³-hybridized carbons (Fsp3) is 0. The van der Waals surface area contributed by atoms with E-state index in [1.165, 1.54) is 4.88 Å². The SMILES string of the molecule is c1nc2sc(-c3cn[nH]c3)cc2[nH]1. The van der Waals surface area contributed by atoms with Gasteiger partial charge in [-0.3, -0.25) is 5.10 Å². The van der Waals surface area contributed by atoms with Gasteiger partial charge < -0.3 is 4.98 Å². The second-order valence-corrected chi connectivity index (χ2v) is 3.75. The number of aromatic nitrogens is 4. The number of H-pyrrole nitrogens is 2. The lowest BCUT2D eigenvalue weighted by molar-refractivity contribution is 1.09. The summed E-state index contributed by atoms with van der Waals surface area (Å²) < 4.78 is 0. The Balaban J connectivity index is 2.23. The Hall–Kier alpha value is -1.62. The zero-order valence-electron chi connectivity index (χ0n) is 6.61. The molecule has 0 atom stereocenters. The molecule has 0 aliphatic carbocycles. The molecule has 0 saturated heterocycles. The fourth-order valence-corrected chi connectivity index (χ4v) is 2.22. The van der Waals surface area contributed by atoms with Crippen LogP contribution >= 0.6 is 11.3 Å². The maximum absolute atomic E-state index is 4.18. The van der Waals surface area contributed by atoms with Crippen LogP contribution in [-0.2, 0) is 0 Å². The first-order valence-electron chi connectivity index (χ1n) is 3.85. The van der Waals surface area contributed by atoms with E-state index < -0.39 is 0 Å². The number of rotatable bonds is 1. The Morgan fingerprint density at radius 3 is 3.15 bits per heavy atom. The Morgan fingerprint density at radius 1 is 1.38 bits per heavy atom. The molecule has 0 amide bonds. The molecular weight excluding hydrogens is 184 g/mol. The van der Waals surface area contributed by atoms with E-state index >= 15 is 0 Å². The Morgan fingerprint density at radius 2 is 2.38 bits per heavy atom. The van der Waals surface area contributed by atoms with Crippen LogP contribution in [0.5, 0.6) is 0 Å². The molecule has 2 N–H and O–H groups in total. The largest absolute Gasteiger partial charge is 0.344 e. The molecule has 4 nitrogen and oxygen atoms in total. The third-order valence-electron chi connectivity index (χ3n) is 1.90. The smallest absolute Gasteiger partial charge is 0.141 e. The standard InChI is InChI=1S/C8H6N4S/c1-6-8(10-4-9-6)13-7(1)5-2-11-12-3-5/h1-4H,(H,9,10)(H,11,12). The summed E-state index contributed by atoms with van der Waals surface area (Å²) in [4.78, 5) is 9.47. The summed E-state index contributed by atoms with van der Waals surface area (Å²) in [6, 6.07) is 2.08. The van der Waals surface area contributed by atoms with Crippen molar-refractivity contribution < 1.29 is 0 Å². The number of hydrogen-bond donors (Lipinski definition) is 2. The van der Waals surface area contributed by atoms with Gasteiger partial charge in [0.15, 0.2) is 0 Å². The van der Waals surface area contributed by atoms with Gasteiger partial charge in [0.2, 0.25) is 0 Å². The molecule has 64 valence electrons. The lowest BCUT2D eigenvalue weighted by Crippen LogP contribution is -1.62.